The van der Waals surface area contributed by atoms with Crippen LogP contribution < -0.4 is 5.32 Å². The Hall–Kier alpha value is -2.81. The summed E-state index contributed by atoms with van der Waals surface area (Å²) in [4.78, 5) is 31.2. The van der Waals surface area contributed by atoms with Gasteiger partial charge in [0, 0.05) is 31.6 Å². The van der Waals surface area contributed by atoms with Gasteiger partial charge in [-0.1, -0.05) is 32.9 Å². The lowest BCUT2D eigenvalue weighted by atomic mass is 10.0. The molecule has 1 aromatic carbocycles. The lowest BCUT2D eigenvalue weighted by Crippen LogP contribution is -2.42. The fraction of sp³-hybridized carbons (Fsp3) is 0.552. The number of Topliss-reactive ketones (excluding diaryl/α,β-unsaturated/α-hetero) is 1. The maximum atomic E-state index is 12.3. The van der Waals surface area contributed by atoms with Gasteiger partial charge in [0.2, 0.25) is 0 Å². The van der Waals surface area contributed by atoms with Gasteiger partial charge >= 0.3 is 5.97 Å². The van der Waals surface area contributed by atoms with Crippen LogP contribution in [0.15, 0.2) is 35.9 Å². The van der Waals surface area contributed by atoms with Crippen LogP contribution in [0.4, 0.5) is 0 Å². The van der Waals surface area contributed by atoms with E-state index in [1.54, 1.807) is 0 Å². The van der Waals surface area contributed by atoms with Crippen LogP contribution in [0.5, 0.6) is 0 Å². The van der Waals surface area contributed by atoms with Gasteiger partial charge in [0.1, 0.15) is 11.9 Å². The van der Waals surface area contributed by atoms with Gasteiger partial charge < -0.3 is 24.6 Å². The number of carbonyl (C=O) groups excluding carboxylic acids is 1. The standard InChI is InChI=1S/C29H42N4O4/c1-7-22(14-20(5)27(34)8-2)28-31-24-15-21(16-30-25(29(35)36)13-19(3)4)9-10-26(24)33(28)18-23-17-32(6)11-12-37-23/h7,9-10,14-15,19,23,25,30H,8,11-13,16-18H2,1-6H3,(H,35,36)/b20-14-,22-7+. The van der Waals surface area contributed by atoms with Crippen molar-refractivity contribution in [3.8, 4) is 0 Å². The molecule has 3 rings (SSSR count). The van der Waals surface area contributed by atoms with E-state index in [2.05, 4.69) is 27.9 Å². The summed E-state index contributed by atoms with van der Waals surface area (Å²) in [6.07, 6.45) is 4.97. The van der Waals surface area contributed by atoms with Crippen LogP contribution >= 0.6 is 0 Å². The molecule has 2 N–H and O–H groups in total. The van der Waals surface area contributed by atoms with Crippen LogP contribution in [-0.4, -0.2) is 70.2 Å². The van der Waals surface area contributed by atoms with Gasteiger partial charge in [-0.15, -0.1) is 0 Å². The van der Waals surface area contributed by atoms with E-state index in [4.69, 9.17) is 9.72 Å². The van der Waals surface area contributed by atoms with Crippen molar-refractivity contribution >= 4 is 28.4 Å². The van der Waals surface area contributed by atoms with Gasteiger partial charge in [-0.3, -0.25) is 9.59 Å². The molecule has 0 aliphatic carbocycles. The molecular formula is C29H42N4O4. The first-order valence-corrected chi connectivity index (χ1v) is 13.3. The number of likely N-dealkylation sites (N-methyl/N-ethyl adjacent to an activating group) is 1. The lowest BCUT2D eigenvalue weighted by molar-refractivity contribution is -0.140. The maximum absolute atomic E-state index is 12.3. The van der Waals surface area contributed by atoms with Crippen LogP contribution in [0.3, 0.4) is 0 Å². The second kappa shape index (κ2) is 13.1. The first-order valence-electron chi connectivity index (χ1n) is 13.3. The fourth-order valence-electron chi connectivity index (χ4n) is 4.72. The minimum absolute atomic E-state index is 0.0315. The number of nitrogens with one attached hydrogen (secondary N) is 1. The molecule has 0 bridgehead atoms. The predicted octanol–water partition coefficient (Wildman–Crippen LogP) is 4.28. The SMILES string of the molecule is C/C=C(\C=C(\C)C(=O)CC)c1nc2cc(CNC(CC(C)C)C(=O)O)ccc2n1CC1CN(C)CCO1. The van der Waals surface area contributed by atoms with Gasteiger partial charge in [0.15, 0.2) is 5.78 Å². The number of imidazole rings is 1. The van der Waals surface area contributed by atoms with E-state index < -0.39 is 12.0 Å². The Kier molecular flexibility index (Phi) is 10.2. The third kappa shape index (κ3) is 7.60. The molecule has 0 radical (unpaired) electrons. The third-order valence-corrected chi connectivity index (χ3v) is 6.80. The highest BCUT2D eigenvalue weighted by Crippen LogP contribution is 2.26. The summed E-state index contributed by atoms with van der Waals surface area (Å²) < 4.78 is 8.26. The molecule has 2 unspecified atom stereocenters. The number of morpholine rings is 1. The first-order chi connectivity index (χ1) is 17.6. The molecule has 2 atom stereocenters. The molecule has 0 spiro atoms. The average molecular weight is 511 g/mol. The van der Waals surface area contributed by atoms with E-state index in [0.717, 1.165) is 41.1 Å². The molecule has 2 aromatic rings. The molecule has 1 aliphatic heterocycles. The Morgan fingerprint density at radius 1 is 1.32 bits per heavy atom. The maximum Gasteiger partial charge on any atom is 0.320 e. The van der Waals surface area contributed by atoms with E-state index in [0.29, 0.717) is 38.1 Å². The fourth-order valence-corrected chi connectivity index (χ4v) is 4.72. The number of hydrogen-bond acceptors (Lipinski definition) is 6. The van der Waals surface area contributed by atoms with Crippen molar-refractivity contribution in [2.24, 2.45) is 5.92 Å². The van der Waals surface area contributed by atoms with E-state index in [-0.39, 0.29) is 17.8 Å². The molecule has 1 aromatic heterocycles. The Labute approximate surface area is 220 Å². The summed E-state index contributed by atoms with van der Waals surface area (Å²) in [6, 6.07) is 5.50. The summed E-state index contributed by atoms with van der Waals surface area (Å²) in [5.41, 5.74) is 4.39. The number of carboxylic acids is 1. The second-order valence-electron chi connectivity index (χ2n) is 10.4. The van der Waals surface area contributed by atoms with Crippen LogP contribution in [0.25, 0.3) is 16.6 Å². The molecule has 1 fully saturated rings. The van der Waals surface area contributed by atoms with Crippen LogP contribution in [0, 0.1) is 5.92 Å². The number of ketones is 1. The normalized spacial score (nSPS) is 18.5. The van der Waals surface area contributed by atoms with Gasteiger partial charge in [0.05, 0.1) is 30.3 Å². The number of ether oxygens (including phenoxy) is 1. The quantitative estimate of drug-likeness (QED) is 0.325. The predicted molar refractivity (Wildman–Crippen MR) is 147 cm³/mol. The Balaban J connectivity index is 1.98. The number of carboxylic acid groups (broad SMARTS) is 1. The first kappa shape index (κ1) is 28.8. The zero-order valence-corrected chi connectivity index (χ0v) is 23.1. The van der Waals surface area contributed by atoms with Crippen LogP contribution in [0.1, 0.15) is 58.8 Å². The molecule has 2 heterocycles. The van der Waals surface area contributed by atoms with Gasteiger partial charge in [-0.2, -0.15) is 0 Å². The summed E-state index contributed by atoms with van der Waals surface area (Å²) in [7, 11) is 2.10. The molecule has 8 heteroatoms. The number of carbonyl (C=O) groups is 2. The smallest absolute Gasteiger partial charge is 0.320 e. The van der Waals surface area contributed by atoms with Crippen molar-refractivity contribution in [2.75, 3.05) is 26.7 Å². The number of aliphatic carboxylic acids is 1. The minimum atomic E-state index is -0.833. The highest BCUT2D eigenvalue weighted by atomic mass is 16.5. The zero-order chi connectivity index (χ0) is 27.1. The highest BCUT2D eigenvalue weighted by Gasteiger charge is 2.23. The molecule has 1 saturated heterocycles. The Bertz CT molecular complexity index is 1160. The van der Waals surface area contributed by atoms with Crippen molar-refractivity contribution < 1.29 is 19.4 Å². The van der Waals surface area contributed by atoms with Gasteiger partial charge in [0.25, 0.3) is 0 Å². The van der Waals surface area contributed by atoms with E-state index in [9.17, 15) is 14.7 Å². The number of allylic oxidation sites excluding steroid dienone is 4. The van der Waals surface area contributed by atoms with E-state index in [1.807, 2.05) is 58.9 Å². The van der Waals surface area contributed by atoms with Crippen molar-refractivity contribution in [1.29, 1.82) is 0 Å². The summed E-state index contributed by atoms with van der Waals surface area (Å²) in [6.45, 7) is 13.3. The van der Waals surface area contributed by atoms with Crippen molar-refractivity contribution in [3.63, 3.8) is 0 Å². The molecule has 0 saturated carbocycles. The summed E-state index contributed by atoms with van der Waals surface area (Å²) in [5.74, 6) is 0.360. The topological polar surface area (TPSA) is 96.7 Å². The molecule has 8 nitrogen and oxygen atoms in total. The van der Waals surface area contributed by atoms with Gasteiger partial charge in [-0.25, -0.2) is 4.98 Å². The van der Waals surface area contributed by atoms with E-state index in [1.165, 1.54) is 0 Å². The highest BCUT2D eigenvalue weighted by molar-refractivity contribution is 5.97. The van der Waals surface area contributed by atoms with Crippen LogP contribution in [-0.2, 0) is 27.4 Å². The molecule has 202 valence electrons. The number of benzene rings is 1. The zero-order valence-electron chi connectivity index (χ0n) is 23.1. The van der Waals surface area contributed by atoms with Crippen molar-refractivity contribution in [2.45, 2.75) is 72.7 Å². The Morgan fingerprint density at radius 3 is 2.70 bits per heavy atom. The van der Waals surface area contributed by atoms with Crippen molar-refractivity contribution in [1.82, 2.24) is 19.8 Å². The molecular weight excluding hydrogens is 468 g/mol. The van der Waals surface area contributed by atoms with E-state index >= 15 is 0 Å². The average Bonchev–Trinajstić information content (AvgIpc) is 3.21. The monoisotopic (exact) mass is 510 g/mol. The summed E-state index contributed by atoms with van der Waals surface area (Å²) >= 11 is 0. The molecule has 0 amide bonds. The minimum Gasteiger partial charge on any atom is -0.480 e. The largest absolute Gasteiger partial charge is 0.480 e. The second-order valence-corrected chi connectivity index (χ2v) is 10.4. The number of nitrogens with zero attached hydrogens (tertiary/aromatic N) is 3. The lowest BCUT2D eigenvalue weighted by Gasteiger charge is -2.30. The van der Waals surface area contributed by atoms with Crippen LogP contribution in [0.2, 0.25) is 0 Å². The molecule has 1 aliphatic rings. The van der Waals surface area contributed by atoms with Crippen molar-refractivity contribution in [3.05, 3.63) is 47.3 Å². The summed E-state index contributed by atoms with van der Waals surface area (Å²) in [5, 5.41) is 12.8. The number of rotatable bonds is 12. The number of aromatic nitrogens is 2. The third-order valence-electron chi connectivity index (χ3n) is 6.80. The number of hydrogen-bond donors (Lipinski definition) is 2. The van der Waals surface area contributed by atoms with Gasteiger partial charge in [-0.05, 0) is 62.6 Å². The Morgan fingerprint density at radius 2 is 2.08 bits per heavy atom. The number of fused-ring (bicyclic) bond motifs is 1. The molecule has 37 heavy (non-hydrogen) atoms.